The molecule has 0 radical (unpaired) electrons. The Labute approximate surface area is 169 Å². The molecule has 2 aromatic rings. The summed E-state index contributed by atoms with van der Waals surface area (Å²) in [6.07, 6.45) is 0.352. The topological polar surface area (TPSA) is 96.1 Å². The SMILES string of the molecule is NC(=O)OC(Cc1cc2c(cn1)OCCO2)C1CN(Cc2ccccc2)CCO1. The average Bonchev–Trinajstić information content (AvgIpc) is 2.74. The molecular weight excluding hydrogens is 374 g/mol. The third-order valence-corrected chi connectivity index (χ3v) is 5.01. The lowest BCUT2D eigenvalue weighted by molar-refractivity contribution is -0.0916. The van der Waals surface area contributed by atoms with E-state index >= 15 is 0 Å². The van der Waals surface area contributed by atoms with Crippen LogP contribution in [-0.4, -0.2) is 61.1 Å². The van der Waals surface area contributed by atoms with Gasteiger partial charge in [0.2, 0.25) is 0 Å². The van der Waals surface area contributed by atoms with Crippen LogP contribution < -0.4 is 15.2 Å². The number of carbonyl (C=O) groups excluding carboxylic acids is 1. The van der Waals surface area contributed by atoms with Gasteiger partial charge < -0.3 is 24.7 Å². The van der Waals surface area contributed by atoms with E-state index in [1.165, 1.54) is 5.56 Å². The van der Waals surface area contributed by atoms with Crippen LogP contribution in [0.1, 0.15) is 11.3 Å². The van der Waals surface area contributed by atoms with E-state index in [4.69, 9.17) is 24.7 Å². The van der Waals surface area contributed by atoms with Crippen molar-refractivity contribution in [2.75, 3.05) is 32.9 Å². The number of fused-ring (bicyclic) bond motifs is 1. The fraction of sp³-hybridized carbons (Fsp3) is 0.429. The Bertz CT molecular complexity index is 832. The van der Waals surface area contributed by atoms with Gasteiger partial charge in [-0.3, -0.25) is 9.88 Å². The van der Waals surface area contributed by atoms with E-state index in [1.807, 2.05) is 24.3 Å². The van der Waals surface area contributed by atoms with Gasteiger partial charge in [-0.25, -0.2) is 4.79 Å². The van der Waals surface area contributed by atoms with Gasteiger partial charge in [0.15, 0.2) is 11.5 Å². The van der Waals surface area contributed by atoms with E-state index in [0.717, 1.165) is 18.8 Å². The number of hydrogen-bond acceptors (Lipinski definition) is 7. The molecule has 0 spiro atoms. The van der Waals surface area contributed by atoms with Crippen molar-refractivity contribution in [3.05, 3.63) is 53.9 Å². The Hall–Kier alpha value is -2.84. The Balaban J connectivity index is 1.45. The number of pyridine rings is 1. The molecule has 2 aliphatic rings. The van der Waals surface area contributed by atoms with E-state index < -0.39 is 12.2 Å². The second-order valence-corrected chi connectivity index (χ2v) is 7.13. The van der Waals surface area contributed by atoms with Crippen LogP contribution in [0.2, 0.25) is 0 Å². The Kier molecular flexibility index (Phi) is 6.12. The van der Waals surface area contributed by atoms with Gasteiger partial charge in [-0.2, -0.15) is 0 Å². The molecule has 154 valence electrons. The van der Waals surface area contributed by atoms with E-state index in [-0.39, 0.29) is 6.10 Å². The third-order valence-electron chi connectivity index (χ3n) is 5.01. The predicted molar refractivity (Wildman–Crippen MR) is 105 cm³/mol. The van der Waals surface area contributed by atoms with Crippen molar-refractivity contribution in [1.82, 2.24) is 9.88 Å². The smallest absolute Gasteiger partial charge is 0.404 e. The number of ether oxygens (including phenoxy) is 4. The Morgan fingerprint density at radius 3 is 2.79 bits per heavy atom. The monoisotopic (exact) mass is 399 g/mol. The zero-order valence-electron chi connectivity index (χ0n) is 16.2. The number of rotatable bonds is 6. The van der Waals surface area contributed by atoms with Crippen molar-refractivity contribution < 1.29 is 23.7 Å². The number of morpholine rings is 1. The van der Waals surface area contributed by atoms with Crippen LogP contribution in [0.4, 0.5) is 4.79 Å². The van der Waals surface area contributed by atoms with Gasteiger partial charge in [0, 0.05) is 37.8 Å². The Morgan fingerprint density at radius 1 is 1.21 bits per heavy atom. The zero-order valence-corrected chi connectivity index (χ0v) is 16.2. The summed E-state index contributed by atoms with van der Waals surface area (Å²) in [6.45, 7) is 3.83. The lowest BCUT2D eigenvalue weighted by Gasteiger charge is -2.36. The average molecular weight is 399 g/mol. The molecule has 3 heterocycles. The molecule has 29 heavy (non-hydrogen) atoms. The highest BCUT2D eigenvalue weighted by Crippen LogP contribution is 2.30. The molecule has 1 aromatic heterocycles. The van der Waals surface area contributed by atoms with Crippen LogP contribution >= 0.6 is 0 Å². The van der Waals surface area contributed by atoms with Gasteiger partial charge in [-0.15, -0.1) is 0 Å². The maximum atomic E-state index is 11.5. The zero-order chi connectivity index (χ0) is 20.1. The maximum Gasteiger partial charge on any atom is 0.404 e. The lowest BCUT2D eigenvalue weighted by atomic mass is 10.0. The van der Waals surface area contributed by atoms with Crippen molar-refractivity contribution in [1.29, 1.82) is 0 Å². The van der Waals surface area contributed by atoms with Crippen LogP contribution in [0.5, 0.6) is 11.5 Å². The molecule has 2 aliphatic heterocycles. The molecule has 0 saturated carbocycles. The highest BCUT2D eigenvalue weighted by atomic mass is 16.6. The van der Waals surface area contributed by atoms with Crippen LogP contribution in [0.15, 0.2) is 42.6 Å². The first-order valence-corrected chi connectivity index (χ1v) is 9.76. The minimum Gasteiger partial charge on any atom is -0.486 e. The first-order chi connectivity index (χ1) is 14.2. The first kappa shape index (κ1) is 19.5. The predicted octanol–water partition coefficient (Wildman–Crippen LogP) is 1.76. The Morgan fingerprint density at radius 2 is 2.00 bits per heavy atom. The first-order valence-electron chi connectivity index (χ1n) is 9.76. The molecule has 0 aliphatic carbocycles. The van der Waals surface area contributed by atoms with E-state index in [9.17, 15) is 4.79 Å². The molecule has 4 rings (SSSR count). The second-order valence-electron chi connectivity index (χ2n) is 7.13. The lowest BCUT2D eigenvalue weighted by Crippen LogP contribution is -2.49. The van der Waals surface area contributed by atoms with E-state index in [0.29, 0.717) is 44.3 Å². The van der Waals surface area contributed by atoms with Gasteiger partial charge in [0.25, 0.3) is 0 Å². The molecule has 2 N–H and O–H groups in total. The summed E-state index contributed by atoms with van der Waals surface area (Å²) in [6, 6.07) is 12.1. The molecular formula is C21H25N3O5. The molecule has 8 heteroatoms. The molecule has 1 saturated heterocycles. The van der Waals surface area contributed by atoms with Crippen LogP contribution in [0, 0.1) is 0 Å². The van der Waals surface area contributed by atoms with Crippen LogP contribution in [0.3, 0.4) is 0 Å². The van der Waals surface area contributed by atoms with Crippen molar-refractivity contribution in [2.24, 2.45) is 5.73 Å². The van der Waals surface area contributed by atoms with Gasteiger partial charge >= 0.3 is 6.09 Å². The summed E-state index contributed by atoms with van der Waals surface area (Å²) in [7, 11) is 0. The summed E-state index contributed by atoms with van der Waals surface area (Å²) in [5, 5.41) is 0. The molecule has 1 aromatic carbocycles. The summed E-state index contributed by atoms with van der Waals surface area (Å²) >= 11 is 0. The summed E-state index contributed by atoms with van der Waals surface area (Å²) in [5.74, 6) is 1.27. The summed E-state index contributed by atoms with van der Waals surface area (Å²) < 4.78 is 22.5. The molecule has 1 amide bonds. The van der Waals surface area contributed by atoms with Crippen molar-refractivity contribution in [3.63, 3.8) is 0 Å². The second kappa shape index (κ2) is 9.11. The van der Waals surface area contributed by atoms with E-state index in [2.05, 4.69) is 22.0 Å². The number of nitrogens with zero attached hydrogens (tertiary/aromatic N) is 2. The van der Waals surface area contributed by atoms with Gasteiger partial charge in [-0.1, -0.05) is 30.3 Å². The summed E-state index contributed by atoms with van der Waals surface area (Å²) in [5.41, 5.74) is 7.28. The standard InChI is InChI=1S/C21H25N3O5/c22-21(25)29-18(11-16-10-17-19(12-23-16)28-9-8-27-17)20-14-24(6-7-26-20)13-15-4-2-1-3-5-15/h1-5,10,12,18,20H,6-9,11,13-14H2,(H2,22,25). The fourth-order valence-electron chi connectivity index (χ4n) is 3.65. The number of amides is 1. The number of carbonyl (C=O) groups is 1. The van der Waals surface area contributed by atoms with Crippen molar-refractivity contribution >= 4 is 6.09 Å². The minimum absolute atomic E-state index is 0.296. The quantitative estimate of drug-likeness (QED) is 0.791. The van der Waals surface area contributed by atoms with Crippen LogP contribution in [0.25, 0.3) is 0 Å². The fourth-order valence-corrected chi connectivity index (χ4v) is 3.65. The number of primary amides is 1. The molecule has 1 fully saturated rings. The number of nitrogens with two attached hydrogens (primary N) is 1. The highest BCUT2D eigenvalue weighted by molar-refractivity contribution is 5.64. The van der Waals surface area contributed by atoms with Crippen molar-refractivity contribution in [3.8, 4) is 11.5 Å². The van der Waals surface area contributed by atoms with Gasteiger partial charge in [-0.05, 0) is 5.56 Å². The van der Waals surface area contributed by atoms with Gasteiger partial charge in [0.1, 0.15) is 25.4 Å². The number of benzene rings is 1. The molecule has 8 nitrogen and oxygen atoms in total. The molecule has 2 unspecified atom stereocenters. The summed E-state index contributed by atoms with van der Waals surface area (Å²) in [4.78, 5) is 18.2. The van der Waals surface area contributed by atoms with Gasteiger partial charge in [0.05, 0.1) is 12.8 Å². The minimum atomic E-state index is -0.823. The maximum absolute atomic E-state index is 11.5. The number of hydrogen-bond donors (Lipinski definition) is 1. The van der Waals surface area contributed by atoms with Crippen LogP contribution in [-0.2, 0) is 22.4 Å². The molecule has 2 atom stereocenters. The largest absolute Gasteiger partial charge is 0.486 e. The van der Waals surface area contributed by atoms with E-state index in [1.54, 1.807) is 6.20 Å². The third kappa shape index (κ3) is 5.16. The van der Waals surface area contributed by atoms with Crippen molar-refractivity contribution in [2.45, 2.75) is 25.2 Å². The normalized spacial score (nSPS) is 20.1. The highest BCUT2D eigenvalue weighted by Gasteiger charge is 2.31. The molecule has 0 bridgehead atoms. The number of aromatic nitrogens is 1.